The third-order valence-electron chi connectivity index (χ3n) is 2.34. The molecule has 0 unspecified atom stereocenters. The van der Waals surface area contributed by atoms with E-state index in [1.165, 1.54) is 0 Å². The molecule has 0 saturated heterocycles. The molecule has 6 heteroatoms. The Morgan fingerprint density at radius 2 is 1.78 bits per heavy atom. The Morgan fingerprint density at radius 3 is 2.50 bits per heavy atom. The van der Waals surface area contributed by atoms with Gasteiger partial charge in [0, 0.05) is 0 Å². The van der Waals surface area contributed by atoms with Crippen LogP contribution in [-0.4, -0.2) is 9.97 Å². The van der Waals surface area contributed by atoms with Crippen molar-refractivity contribution in [2.75, 3.05) is 0 Å². The van der Waals surface area contributed by atoms with Gasteiger partial charge in [0.1, 0.15) is 16.7 Å². The molecule has 1 aromatic carbocycles. The van der Waals surface area contributed by atoms with Crippen molar-refractivity contribution in [1.29, 1.82) is 0 Å². The van der Waals surface area contributed by atoms with Crippen molar-refractivity contribution in [2.24, 2.45) is 0 Å². The molecule has 0 bridgehead atoms. The highest BCUT2D eigenvalue weighted by atomic mass is 35.5. The Balaban J connectivity index is 2.40. The van der Waals surface area contributed by atoms with Gasteiger partial charge in [0.05, 0.1) is 16.3 Å². The summed E-state index contributed by atoms with van der Waals surface area (Å²) in [4.78, 5) is 8.44. The minimum absolute atomic E-state index is 0.134. The molecule has 1 heterocycles. The van der Waals surface area contributed by atoms with E-state index >= 15 is 0 Å². The fraction of sp³-hybridized carbons (Fsp3) is 0.167. The quantitative estimate of drug-likeness (QED) is 0.828. The standard InChI is InChI=1S/C12H9ClF2N2S/c1-6-7(2)17-12(11(13)16-6)18-10-5-8(14)3-4-9(10)15/h3-5H,1-2H3. The highest BCUT2D eigenvalue weighted by Crippen LogP contribution is 2.33. The summed E-state index contributed by atoms with van der Waals surface area (Å²) in [6, 6.07) is 3.24. The maximum atomic E-state index is 13.5. The minimum atomic E-state index is -0.516. The number of aryl methyl sites for hydroxylation is 2. The van der Waals surface area contributed by atoms with Crippen molar-refractivity contribution in [3.05, 3.63) is 46.4 Å². The first-order valence-corrected chi connectivity index (χ1v) is 6.30. The van der Waals surface area contributed by atoms with Gasteiger partial charge in [-0.2, -0.15) is 0 Å². The molecule has 0 saturated carbocycles. The smallest absolute Gasteiger partial charge is 0.161 e. The zero-order valence-electron chi connectivity index (χ0n) is 9.67. The molecule has 18 heavy (non-hydrogen) atoms. The Kier molecular flexibility index (Phi) is 3.82. The molecule has 2 aromatic rings. The molecule has 2 rings (SSSR count). The second-order valence-electron chi connectivity index (χ2n) is 3.67. The molecule has 0 aliphatic carbocycles. The zero-order valence-corrected chi connectivity index (χ0v) is 11.2. The number of hydrogen-bond acceptors (Lipinski definition) is 3. The average Bonchev–Trinajstić information content (AvgIpc) is 2.30. The summed E-state index contributed by atoms with van der Waals surface area (Å²) in [6.07, 6.45) is 0. The van der Waals surface area contributed by atoms with Crippen molar-refractivity contribution in [3.63, 3.8) is 0 Å². The predicted octanol–water partition coefficient (Wildman–Crippen LogP) is 4.18. The summed E-state index contributed by atoms with van der Waals surface area (Å²) in [5.41, 5.74) is 1.42. The lowest BCUT2D eigenvalue weighted by Crippen LogP contribution is -1.95. The topological polar surface area (TPSA) is 25.8 Å². The highest BCUT2D eigenvalue weighted by molar-refractivity contribution is 7.99. The molecular weight excluding hydrogens is 278 g/mol. The Morgan fingerprint density at radius 1 is 1.11 bits per heavy atom. The lowest BCUT2D eigenvalue weighted by Gasteiger charge is -2.06. The largest absolute Gasteiger partial charge is 0.241 e. The van der Waals surface area contributed by atoms with E-state index in [4.69, 9.17) is 11.6 Å². The predicted molar refractivity (Wildman–Crippen MR) is 67.0 cm³/mol. The molecule has 0 aliphatic heterocycles. The van der Waals surface area contributed by atoms with Gasteiger partial charge in [-0.15, -0.1) is 0 Å². The summed E-state index contributed by atoms with van der Waals surface area (Å²) in [6.45, 7) is 3.57. The highest BCUT2D eigenvalue weighted by Gasteiger charge is 2.12. The van der Waals surface area contributed by atoms with Crippen LogP contribution in [0.3, 0.4) is 0 Å². The van der Waals surface area contributed by atoms with Crippen LogP contribution in [0.15, 0.2) is 28.1 Å². The molecule has 0 fully saturated rings. The van der Waals surface area contributed by atoms with Gasteiger partial charge in [-0.25, -0.2) is 18.7 Å². The summed E-state index contributed by atoms with van der Waals surface area (Å²) in [5, 5.41) is 0.552. The Bertz CT molecular complexity index is 605. The molecule has 2 nitrogen and oxygen atoms in total. The number of nitrogens with zero attached hydrogens (tertiary/aromatic N) is 2. The van der Waals surface area contributed by atoms with Gasteiger partial charge in [0.2, 0.25) is 0 Å². The zero-order chi connectivity index (χ0) is 13.3. The first-order chi connectivity index (χ1) is 8.47. The molecule has 1 aromatic heterocycles. The van der Waals surface area contributed by atoms with Gasteiger partial charge >= 0.3 is 0 Å². The third kappa shape index (κ3) is 2.79. The van der Waals surface area contributed by atoms with Crippen LogP contribution in [0.2, 0.25) is 5.15 Å². The Hall–Kier alpha value is -1.20. The first kappa shape index (κ1) is 13.2. The van der Waals surface area contributed by atoms with Crippen LogP contribution in [0.4, 0.5) is 8.78 Å². The van der Waals surface area contributed by atoms with E-state index in [1.807, 2.05) is 0 Å². The molecule has 94 valence electrons. The van der Waals surface area contributed by atoms with Crippen molar-refractivity contribution in [1.82, 2.24) is 9.97 Å². The third-order valence-corrected chi connectivity index (χ3v) is 3.72. The van der Waals surface area contributed by atoms with Crippen LogP contribution >= 0.6 is 23.4 Å². The molecule has 0 atom stereocenters. The lowest BCUT2D eigenvalue weighted by atomic mass is 10.3. The average molecular weight is 287 g/mol. The van der Waals surface area contributed by atoms with Crippen LogP contribution in [0, 0.1) is 25.5 Å². The number of aromatic nitrogens is 2. The minimum Gasteiger partial charge on any atom is -0.241 e. The van der Waals surface area contributed by atoms with Crippen LogP contribution in [0.25, 0.3) is 0 Å². The maximum Gasteiger partial charge on any atom is 0.161 e. The second-order valence-corrected chi connectivity index (χ2v) is 5.06. The molecular formula is C12H9ClF2N2S. The van der Waals surface area contributed by atoms with Crippen molar-refractivity contribution in [3.8, 4) is 0 Å². The summed E-state index contributed by atoms with van der Waals surface area (Å²) in [5.74, 6) is -1.02. The second kappa shape index (κ2) is 5.20. The molecule has 0 N–H and O–H groups in total. The molecule has 0 amide bonds. The normalized spacial score (nSPS) is 10.7. The number of halogens is 3. The summed E-state index contributed by atoms with van der Waals surface area (Å²) >= 11 is 6.89. The first-order valence-electron chi connectivity index (χ1n) is 5.11. The fourth-order valence-corrected chi connectivity index (χ4v) is 2.42. The van der Waals surface area contributed by atoms with Crippen molar-refractivity contribution >= 4 is 23.4 Å². The van der Waals surface area contributed by atoms with E-state index in [2.05, 4.69) is 9.97 Å². The summed E-state index contributed by atoms with van der Waals surface area (Å²) in [7, 11) is 0. The number of benzene rings is 1. The fourth-order valence-electron chi connectivity index (χ4n) is 1.28. The maximum absolute atomic E-state index is 13.5. The van der Waals surface area contributed by atoms with Crippen molar-refractivity contribution < 1.29 is 8.78 Å². The van der Waals surface area contributed by atoms with Gasteiger partial charge in [-0.05, 0) is 32.0 Å². The van der Waals surface area contributed by atoms with E-state index in [1.54, 1.807) is 13.8 Å². The van der Waals surface area contributed by atoms with Gasteiger partial charge in [-0.3, -0.25) is 0 Å². The van der Waals surface area contributed by atoms with Crippen molar-refractivity contribution in [2.45, 2.75) is 23.8 Å². The van der Waals surface area contributed by atoms with E-state index in [9.17, 15) is 8.78 Å². The van der Waals surface area contributed by atoms with E-state index in [0.29, 0.717) is 16.4 Å². The summed E-state index contributed by atoms with van der Waals surface area (Å²) < 4.78 is 26.5. The van der Waals surface area contributed by atoms with Crippen LogP contribution in [0.5, 0.6) is 0 Å². The lowest BCUT2D eigenvalue weighted by molar-refractivity contribution is 0.577. The van der Waals surface area contributed by atoms with Gasteiger partial charge < -0.3 is 0 Å². The number of rotatable bonds is 2. The van der Waals surface area contributed by atoms with Gasteiger partial charge in [-0.1, -0.05) is 23.4 Å². The number of hydrogen-bond donors (Lipinski definition) is 0. The van der Waals surface area contributed by atoms with Crippen LogP contribution < -0.4 is 0 Å². The molecule has 0 radical (unpaired) electrons. The molecule has 0 aliphatic rings. The van der Waals surface area contributed by atoms with Crippen LogP contribution in [-0.2, 0) is 0 Å². The van der Waals surface area contributed by atoms with E-state index < -0.39 is 11.6 Å². The van der Waals surface area contributed by atoms with E-state index in [0.717, 1.165) is 30.0 Å². The Labute approximate surface area is 112 Å². The molecule has 0 spiro atoms. The SMILES string of the molecule is Cc1nc(Cl)c(Sc2cc(F)ccc2F)nc1C. The van der Waals surface area contributed by atoms with Crippen LogP contribution in [0.1, 0.15) is 11.4 Å². The van der Waals surface area contributed by atoms with Gasteiger partial charge in [0.15, 0.2) is 5.15 Å². The monoisotopic (exact) mass is 286 g/mol. The van der Waals surface area contributed by atoms with Gasteiger partial charge in [0.25, 0.3) is 0 Å². The van der Waals surface area contributed by atoms with E-state index in [-0.39, 0.29) is 10.0 Å².